The minimum Gasteiger partial charge on any atom is -0.469 e. The van der Waals surface area contributed by atoms with E-state index in [2.05, 4.69) is 43.9 Å². The number of nitrogen functional groups attached to an aromatic ring is 1. The number of para-hydroxylation sites is 1. The summed E-state index contributed by atoms with van der Waals surface area (Å²) in [5.74, 6) is 0.287. The SMILES string of the molecule is CCC(CC)COC(=O)[C@H](C)N[P@](=O)(OCC1=C[C@@H](O[Si](C)(C)C(C)(C)C)[C@H](n2ccc(N)nc2=O)O1)Oc1ccccc1. The van der Waals surface area contributed by atoms with Gasteiger partial charge in [0.1, 0.15) is 36.1 Å². The third kappa shape index (κ3) is 9.52. The topological polar surface area (TPSA) is 153 Å². The van der Waals surface area contributed by atoms with Crippen molar-refractivity contribution in [3.63, 3.8) is 0 Å². The van der Waals surface area contributed by atoms with Crippen molar-refractivity contribution in [1.29, 1.82) is 0 Å². The van der Waals surface area contributed by atoms with Gasteiger partial charge in [0, 0.05) is 6.20 Å². The lowest BCUT2D eigenvalue weighted by Crippen LogP contribution is -2.46. The van der Waals surface area contributed by atoms with Gasteiger partial charge in [-0.25, -0.2) is 9.36 Å². The summed E-state index contributed by atoms with van der Waals surface area (Å²) in [5, 5.41) is 2.58. The second-order valence-corrected chi connectivity index (χ2v) is 18.8. The van der Waals surface area contributed by atoms with Gasteiger partial charge in [0.2, 0.25) is 6.23 Å². The summed E-state index contributed by atoms with van der Waals surface area (Å²) < 4.78 is 45.2. The quantitative estimate of drug-likeness (QED) is 0.137. The molecule has 1 aromatic heterocycles. The molecule has 0 radical (unpaired) electrons. The minimum absolute atomic E-state index is 0.0836. The average molecular weight is 651 g/mol. The fraction of sp³-hybridized carbons (Fsp3) is 0.567. The Morgan fingerprint density at radius 3 is 2.43 bits per heavy atom. The van der Waals surface area contributed by atoms with Gasteiger partial charge in [0.05, 0.1) is 6.61 Å². The van der Waals surface area contributed by atoms with Crippen molar-refractivity contribution >= 4 is 27.9 Å². The molecule has 1 aliphatic rings. The second-order valence-electron chi connectivity index (χ2n) is 12.4. The highest BCUT2D eigenvalue weighted by Crippen LogP contribution is 2.46. The largest absolute Gasteiger partial charge is 0.469 e. The number of nitrogens with zero attached hydrogens (tertiary/aromatic N) is 2. The Labute approximate surface area is 261 Å². The Morgan fingerprint density at radius 1 is 1.18 bits per heavy atom. The van der Waals surface area contributed by atoms with E-state index in [1.54, 1.807) is 36.4 Å². The first-order valence-electron chi connectivity index (χ1n) is 14.9. The molecule has 12 nitrogen and oxygen atoms in total. The average Bonchev–Trinajstić information content (AvgIpc) is 3.33. The third-order valence-corrected chi connectivity index (χ3v) is 14.0. The molecule has 1 aliphatic heterocycles. The maximum atomic E-state index is 14.0. The molecule has 0 saturated carbocycles. The monoisotopic (exact) mass is 650 g/mol. The van der Waals surface area contributed by atoms with E-state index in [-0.39, 0.29) is 41.5 Å². The van der Waals surface area contributed by atoms with Crippen LogP contribution in [0.3, 0.4) is 0 Å². The standard InChI is InChI=1S/C30H47N4O8PSi/c1-9-22(10-2)19-38-28(35)21(3)33-43(37,41-23-14-12-11-13-15-23)39-20-24-18-25(42-44(7,8)30(4,5)6)27(40-24)34-17-16-26(31)32-29(34)36/h11-18,21-22,25,27H,9-10,19-20H2,1-8H3,(H,33,37)(H2,31,32,36)/t21-,25+,27+,43-/m0/s1. The number of anilines is 1. The van der Waals surface area contributed by atoms with Crippen LogP contribution in [0.5, 0.6) is 5.75 Å². The van der Waals surface area contributed by atoms with Crippen LogP contribution >= 0.6 is 7.75 Å². The molecule has 1 aromatic carbocycles. The number of esters is 1. The van der Waals surface area contributed by atoms with E-state index in [0.29, 0.717) is 0 Å². The van der Waals surface area contributed by atoms with Gasteiger partial charge in [-0.2, -0.15) is 10.1 Å². The first-order valence-corrected chi connectivity index (χ1v) is 19.4. The van der Waals surface area contributed by atoms with Gasteiger partial charge in [-0.05, 0) is 55.2 Å². The van der Waals surface area contributed by atoms with Gasteiger partial charge in [0.15, 0.2) is 8.32 Å². The smallest absolute Gasteiger partial charge is 0.459 e. The first kappa shape index (κ1) is 35.5. The molecule has 4 atom stereocenters. The summed E-state index contributed by atoms with van der Waals surface area (Å²) in [5.41, 5.74) is 5.11. The zero-order valence-electron chi connectivity index (χ0n) is 26.9. The Morgan fingerprint density at radius 2 is 1.84 bits per heavy atom. The van der Waals surface area contributed by atoms with Crippen LogP contribution in [0.2, 0.25) is 18.1 Å². The molecule has 14 heteroatoms. The number of nitrogens with two attached hydrogens (primary N) is 1. The van der Waals surface area contributed by atoms with Crippen LogP contribution in [0.1, 0.15) is 60.6 Å². The van der Waals surface area contributed by atoms with Crippen molar-refractivity contribution in [2.24, 2.45) is 5.92 Å². The summed E-state index contributed by atoms with van der Waals surface area (Å²) in [4.78, 5) is 29.4. The molecule has 44 heavy (non-hydrogen) atoms. The fourth-order valence-electron chi connectivity index (χ4n) is 4.05. The Bertz CT molecular complexity index is 1390. The Hall–Kier alpha value is -2.96. The lowest BCUT2D eigenvalue weighted by Gasteiger charge is -2.39. The van der Waals surface area contributed by atoms with E-state index in [0.717, 1.165) is 12.8 Å². The molecule has 3 N–H and O–H groups in total. The molecule has 244 valence electrons. The molecule has 0 saturated heterocycles. The normalized spacial score (nSPS) is 19.2. The molecule has 0 unspecified atom stereocenters. The molecular formula is C30H47N4O8PSi. The van der Waals surface area contributed by atoms with E-state index in [9.17, 15) is 14.2 Å². The van der Waals surface area contributed by atoms with Crippen molar-refractivity contribution in [1.82, 2.24) is 14.6 Å². The maximum Gasteiger partial charge on any atom is 0.459 e. The lowest BCUT2D eigenvalue weighted by atomic mass is 10.1. The number of rotatable bonds is 15. The van der Waals surface area contributed by atoms with Crippen LogP contribution < -0.4 is 21.0 Å². The number of nitrogens with one attached hydrogen (secondary N) is 1. The molecule has 2 heterocycles. The van der Waals surface area contributed by atoms with Crippen LogP contribution in [0.15, 0.2) is 59.2 Å². The highest BCUT2D eigenvalue weighted by atomic mass is 31.2. The number of carbonyl (C=O) groups excluding carboxylic acids is 1. The number of benzene rings is 1. The van der Waals surface area contributed by atoms with Crippen LogP contribution in [0.25, 0.3) is 0 Å². The maximum absolute atomic E-state index is 14.0. The predicted octanol–water partition coefficient (Wildman–Crippen LogP) is 5.79. The number of hydrogen-bond acceptors (Lipinski definition) is 10. The summed E-state index contributed by atoms with van der Waals surface area (Å²) in [6.45, 7) is 16.1. The van der Waals surface area contributed by atoms with Crippen LogP contribution in [0, 0.1) is 5.92 Å². The zero-order chi connectivity index (χ0) is 32.7. The Kier molecular flexibility index (Phi) is 12.0. The highest BCUT2D eigenvalue weighted by molar-refractivity contribution is 7.52. The molecule has 3 rings (SSSR count). The zero-order valence-corrected chi connectivity index (χ0v) is 28.8. The van der Waals surface area contributed by atoms with E-state index in [1.165, 1.54) is 23.8 Å². The van der Waals surface area contributed by atoms with Crippen molar-refractivity contribution in [3.8, 4) is 5.75 Å². The predicted molar refractivity (Wildman–Crippen MR) is 171 cm³/mol. The summed E-state index contributed by atoms with van der Waals surface area (Å²) in [6.07, 6.45) is 3.38. The van der Waals surface area contributed by atoms with Gasteiger partial charge in [-0.1, -0.05) is 65.7 Å². The van der Waals surface area contributed by atoms with Gasteiger partial charge in [0.25, 0.3) is 0 Å². The van der Waals surface area contributed by atoms with Gasteiger partial charge < -0.3 is 24.2 Å². The molecule has 0 aliphatic carbocycles. The number of ether oxygens (including phenoxy) is 2. The lowest BCUT2D eigenvalue weighted by molar-refractivity contribution is -0.146. The summed E-state index contributed by atoms with van der Waals surface area (Å²) >= 11 is 0. The van der Waals surface area contributed by atoms with Crippen LogP contribution in [0.4, 0.5) is 5.82 Å². The molecular weight excluding hydrogens is 603 g/mol. The van der Waals surface area contributed by atoms with E-state index in [1.807, 2.05) is 13.8 Å². The second kappa shape index (κ2) is 14.9. The number of aromatic nitrogens is 2. The number of hydrogen-bond donors (Lipinski definition) is 2. The Balaban J connectivity index is 1.84. The van der Waals surface area contributed by atoms with Crippen LogP contribution in [-0.4, -0.2) is 49.2 Å². The van der Waals surface area contributed by atoms with E-state index >= 15 is 0 Å². The van der Waals surface area contributed by atoms with Crippen LogP contribution in [-0.2, 0) is 27.8 Å². The van der Waals surface area contributed by atoms with E-state index in [4.69, 9.17) is 28.7 Å². The van der Waals surface area contributed by atoms with Crippen molar-refractivity contribution < 1.29 is 32.3 Å². The van der Waals surface area contributed by atoms with E-state index < -0.39 is 46.1 Å². The van der Waals surface area contributed by atoms with Crippen molar-refractivity contribution in [2.75, 3.05) is 18.9 Å². The molecule has 0 spiro atoms. The van der Waals surface area contributed by atoms with Crippen molar-refractivity contribution in [3.05, 3.63) is 64.9 Å². The minimum atomic E-state index is -4.16. The third-order valence-electron chi connectivity index (χ3n) is 7.93. The van der Waals surface area contributed by atoms with Crippen molar-refractivity contribution in [2.45, 2.75) is 90.9 Å². The molecule has 0 amide bonds. The first-order chi connectivity index (χ1) is 20.6. The summed E-state index contributed by atoms with van der Waals surface area (Å²) in [7, 11) is -6.50. The van der Waals surface area contributed by atoms with Gasteiger partial charge in [-0.15, -0.1) is 0 Å². The van der Waals surface area contributed by atoms with Gasteiger partial charge >= 0.3 is 19.4 Å². The number of carbonyl (C=O) groups is 1. The molecule has 2 aromatic rings. The van der Waals surface area contributed by atoms with Gasteiger partial charge in [-0.3, -0.25) is 13.9 Å². The fourth-order valence-corrected chi connectivity index (χ4v) is 6.73. The molecule has 0 bridgehead atoms. The summed E-state index contributed by atoms with van der Waals surface area (Å²) in [6, 6.07) is 8.98. The highest BCUT2D eigenvalue weighted by Gasteiger charge is 2.44. The molecule has 0 fully saturated rings.